The van der Waals surface area contributed by atoms with Crippen molar-refractivity contribution in [1.29, 1.82) is 0 Å². The first-order chi connectivity index (χ1) is 9.42. The van der Waals surface area contributed by atoms with Gasteiger partial charge in [0, 0.05) is 0 Å². The van der Waals surface area contributed by atoms with Gasteiger partial charge in [0.25, 0.3) is 0 Å². The molecular formula is C15H20N4. The van der Waals surface area contributed by atoms with E-state index in [4.69, 9.17) is 0 Å². The molecule has 0 spiro atoms. The molecule has 0 saturated heterocycles. The molecule has 8 rings (SSSR count). The van der Waals surface area contributed by atoms with Crippen molar-refractivity contribution in [3.05, 3.63) is 0 Å². The SMILES string of the molecule is C1C2[C@@H]3[C@H](C1[C@@H]1[C@H]2[C@@H]2CC[C@H]1N=N2)[C@@H]1CC[C@H]3N=N1. The van der Waals surface area contributed by atoms with E-state index in [-0.39, 0.29) is 0 Å². The lowest BCUT2D eigenvalue weighted by Crippen LogP contribution is -2.56. The number of hydrogen-bond donors (Lipinski definition) is 0. The van der Waals surface area contributed by atoms with Crippen LogP contribution in [0.4, 0.5) is 0 Å². The Hall–Kier alpha value is -0.800. The van der Waals surface area contributed by atoms with Gasteiger partial charge in [-0.15, -0.1) is 0 Å². The molecule has 4 nitrogen and oxygen atoms in total. The van der Waals surface area contributed by atoms with Gasteiger partial charge < -0.3 is 0 Å². The highest BCUT2D eigenvalue weighted by atomic mass is 15.2. The number of fused-ring (bicyclic) bond motifs is 4. The summed E-state index contributed by atoms with van der Waals surface area (Å²) in [5.41, 5.74) is 0. The Kier molecular flexibility index (Phi) is 1.63. The van der Waals surface area contributed by atoms with Gasteiger partial charge in [0.05, 0.1) is 24.2 Å². The molecule has 4 heterocycles. The van der Waals surface area contributed by atoms with Crippen LogP contribution in [0.15, 0.2) is 20.5 Å². The van der Waals surface area contributed by atoms with Crippen LogP contribution >= 0.6 is 0 Å². The van der Waals surface area contributed by atoms with Gasteiger partial charge in [0.1, 0.15) is 0 Å². The minimum atomic E-state index is 0.573. The fourth-order valence-corrected chi connectivity index (χ4v) is 7.10. The van der Waals surface area contributed by atoms with Crippen molar-refractivity contribution < 1.29 is 0 Å². The molecule has 0 aromatic carbocycles. The fourth-order valence-electron chi connectivity index (χ4n) is 7.10. The predicted octanol–water partition coefficient (Wildman–Crippen LogP) is 3.09. The van der Waals surface area contributed by atoms with Gasteiger partial charge in [-0.3, -0.25) is 0 Å². The summed E-state index contributed by atoms with van der Waals surface area (Å²) in [5.74, 6) is 5.32. The lowest BCUT2D eigenvalue weighted by molar-refractivity contribution is -0.0282. The highest BCUT2D eigenvalue weighted by Gasteiger charge is 2.68. The van der Waals surface area contributed by atoms with Crippen LogP contribution in [0.1, 0.15) is 32.1 Å². The second kappa shape index (κ2) is 3.09. The van der Waals surface area contributed by atoms with Gasteiger partial charge in [-0.1, -0.05) is 0 Å². The topological polar surface area (TPSA) is 49.4 Å². The third-order valence-electron chi connectivity index (χ3n) is 7.43. The van der Waals surface area contributed by atoms with E-state index in [1.807, 2.05) is 0 Å². The van der Waals surface area contributed by atoms with Gasteiger partial charge >= 0.3 is 0 Å². The highest BCUT2D eigenvalue weighted by molar-refractivity contribution is 5.19. The fraction of sp³-hybridized carbons (Fsp3) is 1.00. The quantitative estimate of drug-likeness (QED) is 0.639. The van der Waals surface area contributed by atoms with Gasteiger partial charge in [-0.25, -0.2) is 0 Å². The number of nitrogens with zero attached hydrogens (tertiary/aromatic N) is 4. The number of hydrogen-bond acceptors (Lipinski definition) is 4. The Labute approximate surface area is 113 Å². The Morgan fingerprint density at radius 2 is 0.789 bits per heavy atom. The molecule has 0 N–H and O–H groups in total. The molecule has 8 aliphatic rings. The monoisotopic (exact) mass is 256 g/mol. The molecule has 4 aliphatic carbocycles. The van der Waals surface area contributed by atoms with E-state index in [9.17, 15) is 0 Å². The van der Waals surface area contributed by atoms with Crippen molar-refractivity contribution in [3.8, 4) is 0 Å². The summed E-state index contributed by atoms with van der Waals surface area (Å²) in [6.45, 7) is 0. The molecule has 4 saturated carbocycles. The summed E-state index contributed by atoms with van der Waals surface area (Å²) in [7, 11) is 0. The minimum absolute atomic E-state index is 0.573. The Morgan fingerprint density at radius 3 is 1.05 bits per heavy atom. The van der Waals surface area contributed by atoms with Crippen molar-refractivity contribution in [1.82, 2.24) is 0 Å². The van der Waals surface area contributed by atoms with Crippen molar-refractivity contribution in [2.45, 2.75) is 56.3 Å². The first kappa shape index (κ1) is 10.0. The first-order valence-electron chi connectivity index (χ1n) is 8.22. The van der Waals surface area contributed by atoms with E-state index in [1.165, 1.54) is 32.1 Å². The zero-order valence-corrected chi connectivity index (χ0v) is 11.1. The molecule has 0 radical (unpaired) electrons. The average Bonchev–Trinajstić information content (AvgIpc) is 3.09. The van der Waals surface area contributed by atoms with E-state index >= 15 is 0 Å². The summed E-state index contributed by atoms with van der Waals surface area (Å²) in [5, 5.41) is 18.5. The molecule has 2 unspecified atom stereocenters. The van der Waals surface area contributed by atoms with Crippen molar-refractivity contribution in [2.75, 3.05) is 0 Å². The maximum absolute atomic E-state index is 4.63. The Morgan fingerprint density at radius 1 is 0.474 bits per heavy atom. The van der Waals surface area contributed by atoms with Gasteiger partial charge in [-0.2, -0.15) is 20.5 Å². The molecule has 6 bridgehead atoms. The van der Waals surface area contributed by atoms with Crippen LogP contribution in [0.2, 0.25) is 0 Å². The molecule has 4 fully saturated rings. The van der Waals surface area contributed by atoms with Crippen molar-refractivity contribution in [3.63, 3.8) is 0 Å². The summed E-state index contributed by atoms with van der Waals surface area (Å²) < 4.78 is 0. The van der Waals surface area contributed by atoms with Crippen LogP contribution in [0.25, 0.3) is 0 Å². The molecule has 10 atom stereocenters. The van der Waals surface area contributed by atoms with Crippen LogP contribution in [0.5, 0.6) is 0 Å². The molecule has 19 heavy (non-hydrogen) atoms. The van der Waals surface area contributed by atoms with E-state index < -0.39 is 0 Å². The third-order valence-corrected chi connectivity index (χ3v) is 7.43. The van der Waals surface area contributed by atoms with Crippen LogP contribution < -0.4 is 0 Å². The van der Waals surface area contributed by atoms with E-state index in [2.05, 4.69) is 20.5 Å². The molecule has 4 heteroatoms. The lowest BCUT2D eigenvalue weighted by Gasteiger charge is -2.54. The minimum Gasteiger partial charge on any atom is -0.190 e. The number of azo groups is 2. The van der Waals surface area contributed by atoms with E-state index in [0.29, 0.717) is 24.2 Å². The normalized spacial score (nSPS) is 66.5. The second-order valence-electron chi connectivity index (χ2n) is 7.76. The maximum atomic E-state index is 4.63. The first-order valence-corrected chi connectivity index (χ1v) is 8.22. The smallest absolute Gasteiger partial charge is 0.0743 e. The summed E-state index contributed by atoms with van der Waals surface area (Å²) in [6, 6.07) is 2.29. The van der Waals surface area contributed by atoms with Crippen molar-refractivity contribution >= 4 is 0 Å². The van der Waals surface area contributed by atoms with Gasteiger partial charge in [0.2, 0.25) is 0 Å². The lowest BCUT2D eigenvalue weighted by atomic mass is 9.54. The van der Waals surface area contributed by atoms with E-state index in [1.54, 1.807) is 0 Å². The molecule has 0 amide bonds. The second-order valence-corrected chi connectivity index (χ2v) is 7.76. The van der Waals surface area contributed by atoms with E-state index in [0.717, 1.165) is 35.5 Å². The zero-order valence-electron chi connectivity index (χ0n) is 11.1. The Balaban J connectivity index is 1.48. The van der Waals surface area contributed by atoms with Crippen LogP contribution in [0, 0.1) is 35.5 Å². The summed E-state index contributed by atoms with van der Waals surface area (Å²) in [4.78, 5) is 0. The maximum Gasteiger partial charge on any atom is 0.0743 e. The van der Waals surface area contributed by atoms with Crippen LogP contribution in [-0.4, -0.2) is 24.2 Å². The Bertz CT molecular complexity index is 416. The average molecular weight is 256 g/mol. The molecular weight excluding hydrogens is 236 g/mol. The van der Waals surface area contributed by atoms with Gasteiger partial charge in [-0.05, 0) is 67.6 Å². The highest BCUT2D eigenvalue weighted by Crippen LogP contribution is 2.68. The third kappa shape index (κ3) is 0.995. The number of rotatable bonds is 0. The van der Waals surface area contributed by atoms with Gasteiger partial charge in [0.15, 0.2) is 0 Å². The van der Waals surface area contributed by atoms with Crippen molar-refractivity contribution in [2.24, 2.45) is 56.0 Å². The largest absolute Gasteiger partial charge is 0.190 e. The molecule has 4 aliphatic heterocycles. The van der Waals surface area contributed by atoms with Crippen LogP contribution in [0.3, 0.4) is 0 Å². The molecule has 100 valence electrons. The molecule has 0 aromatic heterocycles. The van der Waals surface area contributed by atoms with Crippen LogP contribution in [-0.2, 0) is 0 Å². The summed E-state index contributed by atoms with van der Waals surface area (Å²) >= 11 is 0. The summed E-state index contributed by atoms with van der Waals surface area (Å²) in [6.07, 6.45) is 6.70. The standard InChI is InChI=1S/C15H20N4/c1-2-9-13-7-5-6(12(13)8(1)16-17-9)14-10-3-4-11(15(7)14)19-18-10/h6-15H,1-5H2/t6?,7?,8-,9+,10+,11-,12+,13-,14-,15+. The zero-order chi connectivity index (χ0) is 12.1. The predicted molar refractivity (Wildman–Crippen MR) is 68.9 cm³/mol. The molecule has 0 aromatic rings.